The Balaban J connectivity index is 2.83. The van der Waals surface area contributed by atoms with E-state index in [1.165, 1.54) is 4.90 Å². The number of ether oxygens (including phenoxy) is 2. The molecule has 17 heavy (non-hydrogen) atoms. The third-order valence-electron chi connectivity index (χ3n) is 2.42. The van der Waals surface area contributed by atoms with Gasteiger partial charge in [0.05, 0.1) is 19.8 Å². The molecule has 0 aliphatic rings. The lowest BCUT2D eigenvalue weighted by atomic mass is 10.1. The van der Waals surface area contributed by atoms with Gasteiger partial charge in [0.2, 0.25) is 0 Å². The molecule has 2 N–H and O–H groups in total. The van der Waals surface area contributed by atoms with Gasteiger partial charge in [-0.1, -0.05) is 13.0 Å². The molecule has 0 aliphatic heterocycles. The summed E-state index contributed by atoms with van der Waals surface area (Å²) >= 11 is 1.81. The predicted molar refractivity (Wildman–Crippen MR) is 72.8 cm³/mol. The van der Waals surface area contributed by atoms with Gasteiger partial charge in [-0.05, 0) is 29.9 Å². The number of hydrogen-bond donors (Lipinski definition) is 1. The van der Waals surface area contributed by atoms with Crippen LogP contribution < -0.4 is 10.5 Å². The zero-order valence-electron chi connectivity index (χ0n) is 10.7. The highest BCUT2D eigenvalue weighted by atomic mass is 32.2. The van der Waals surface area contributed by atoms with Crippen LogP contribution in [0.3, 0.4) is 0 Å². The minimum atomic E-state index is -0.0980. The monoisotopic (exact) mass is 255 g/mol. The Bertz CT molecular complexity index is 344. The van der Waals surface area contributed by atoms with Gasteiger partial charge in [0.25, 0.3) is 0 Å². The van der Waals surface area contributed by atoms with Crippen molar-refractivity contribution >= 4 is 11.8 Å². The van der Waals surface area contributed by atoms with Crippen LogP contribution in [0.5, 0.6) is 5.75 Å². The molecule has 1 aromatic rings. The third kappa shape index (κ3) is 4.22. The molecule has 0 amide bonds. The first kappa shape index (κ1) is 14.4. The Morgan fingerprint density at radius 2 is 2.12 bits per heavy atom. The van der Waals surface area contributed by atoms with Gasteiger partial charge in [-0.15, -0.1) is 11.8 Å². The van der Waals surface area contributed by atoms with Crippen molar-refractivity contribution < 1.29 is 9.47 Å². The molecule has 0 aromatic heterocycles. The first-order valence-electron chi connectivity index (χ1n) is 5.78. The quantitative estimate of drug-likeness (QED) is 0.761. The Morgan fingerprint density at radius 3 is 2.71 bits per heavy atom. The maximum atomic E-state index is 5.99. The fourth-order valence-corrected chi connectivity index (χ4v) is 2.39. The van der Waals surface area contributed by atoms with E-state index in [0.717, 1.165) is 23.5 Å². The summed E-state index contributed by atoms with van der Waals surface area (Å²) in [6, 6.07) is 6.02. The summed E-state index contributed by atoms with van der Waals surface area (Å²) < 4.78 is 10.4. The van der Waals surface area contributed by atoms with Crippen molar-refractivity contribution in [3.63, 3.8) is 0 Å². The molecule has 96 valence electrons. The van der Waals surface area contributed by atoms with E-state index in [2.05, 4.69) is 13.0 Å². The smallest absolute Gasteiger partial charge is 0.132 e. The molecular weight excluding hydrogens is 234 g/mol. The summed E-state index contributed by atoms with van der Waals surface area (Å²) in [5, 5.41) is 0. The van der Waals surface area contributed by atoms with Gasteiger partial charge in [0.1, 0.15) is 5.75 Å². The molecule has 0 bridgehead atoms. The van der Waals surface area contributed by atoms with Crippen molar-refractivity contribution in [2.24, 2.45) is 5.73 Å². The lowest BCUT2D eigenvalue weighted by Gasteiger charge is -2.14. The third-order valence-corrected chi connectivity index (χ3v) is 3.68. The Labute approximate surface area is 108 Å². The van der Waals surface area contributed by atoms with Gasteiger partial charge in [-0.25, -0.2) is 0 Å². The zero-order valence-corrected chi connectivity index (χ0v) is 11.5. The average molecular weight is 255 g/mol. The molecule has 1 unspecified atom stereocenters. The SMILES string of the molecule is CCCSc1ccc(C(N)COC)cc1OC. The largest absolute Gasteiger partial charge is 0.496 e. The highest BCUT2D eigenvalue weighted by Crippen LogP contribution is 2.31. The second-order valence-corrected chi connectivity index (χ2v) is 4.96. The fourth-order valence-electron chi connectivity index (χ4n) is 1.52. The Morgan fingerprint density at radius 1 is 1.35 bits per heavy atom. The Hall–Kier alpha value is -0.710. The summed E-state index contributed by atoms with van der Waals surface area (Å²) in [6.07, 6.45) is 1.15. The van der Waals surface area contributed by atoms with E-state index < -0.39 is 0 Å². The predicted octanol–water partition coefficient (Wildman–Crippen LogP) is 2.84. The van der Waals surface area contributed by atoms with Gasteiger partial charge in [-0.3, -0.25) is 0 Å². The van der Waals surface area contributed by atoms with Crippen LogP contribution in [0.4, 0.5) is 0 Å². The lowest BCUT2D eigenvalue weighted by Crippen LogP contribution is -2.16. The van der Waals surface area contributed by atoms with Gasteiger partial charge in [-0.2, -0.15) is 0 Å². The molecular formula is C13H21NO2S. The number of methoxy groups -OCH3 is 2. The van der Waals surface area contributed by atoms with Crippen LogP contribution >= 0.6 is 11.8 Å². The number of benzene rings is 1. The maximum absolute atomic E-state index is 5.99. The topological polar surface area (TPSA) is 44.5 Å². The first-order chi connectivity index (χ1) is 8.22. The summed E-state index contributed by atoms with van der Waals surface area (Å²) in [5.74, 6) is 1.99. The molecule has 0 spiro atoms. The van der Waals surface area contributed by atoms with Gasteiger partial charge in [0.15, 0.2) is 0 Å². The second kappa shape index (κ2) is 7.58. The van der Waals surface area contributed by atoms with E-state index in [1.807, 2.05) is 23.9 Å². The zero-order chi connectivity index (χ0) is 12.7. The van der Waals surface area contributed by atoms with E-state index in [4.69, 9.17) is 15.2 Å². The summed E-state index contributed by atoms with van der Waals surface area (Å²) in [6.45, 7) is 2.69. The number of rotatable bonds is 7. The summed E-state index contributed by atoms with van der Waals surface area (Å²) in [5.41, 5.74) is 7.04. The van der Waals surface area contributed by atoms with E-state index in [-0.39, 0.29) is 6.04 Å². The van der Waals surface area contributed by atoms with Crippen molar-refractivity contribution in [1.29, 1.82) is 0 Å². The molecule has 4 heteroatoms. The Kier molecular flexibility index (Phi) is 6.40. The van der Waals surface area contributed by atoms with Crippen molar-refractivity contribution in [2.75, 3.05) is 26.6 Å². The van der Waals surface area contributed by atoms with E-state index >= 15 is 0 Å². The van der Waals surface area contributed by atoms with E-state index in [9.17, 15) is 0 Å². The van der Waals surface area contributed by atoms with Crippen LogP contribution in [-0.4, -0.2) is 26.6 Å². The van der Waals surface area contributed by atoms with Crippen LogP contribution in [0.15, 0.2) is 23.1 Å². The van der Waals surface area contributed by atoms with Crippen LogP contribution in [0.1, 0.15) is 24.9 Å². The van der Waals surface area contributed by atoms with E-state index in [1.54, 1.807) is 14.2 Å². The van der Waals surface area contributed by atoms with Crippen LogP contribution in [0.2, 0.25) is 0 Å². The standard InChI is InChI=1S/C13H21NO2S/c1-4-7-17-13-6-5-10(8-12(13)16-3)11(14)9-15-2/h5-6,8,11H,4,7,9,14H2,1-3H3. The summed E-state index contributed by atoms with van der Waals surface area (Å²) in [7, 11) is 3.35. The molecule has 0 saturated heterocycles. The molecule has 0 aliphatic carbocycles. The highest BCUT2D eigenvalue weighted by molar-refractivity contribution is 7.99. The fraction of sp³-hybridized carbons (Fsp3) is 0.538. The van der Waals surface area contributed by atoms with Crippen molar-refractivity contribution in [2.45, 2.75) is 24.3 Å². The van der Waals surface area contributed by atoms with Gasteiger partial charge >= 0.3 is 0 Å². The molecule has 1 rings (SSSR count). The van der Waals surface area contributed by atoms with E-state index in [0.29, 0.717) is 6.61 Å². The number of hydrogen-bond acceptors (Lipinski definition) is 4. The molecule has 1 aromatic carbocycles. The molecule has 0 saturated carbocycles. The van der Waals surface area contributed by atoms with Crippen molar-refractivity contribution in [3.05, 3.63) is 23.8 Å². The lowest BCUT2D eigenvalue weighted by molar-refractivity contribution is 0.181. The highest BCUT2D eigenvalue weighted by Gasteiger charge is 2.10. The molecule has 0 heterocycles. The number of nitrogens with two attached hydrogens (primary N) is 1. The van der Waals surface area contributed by atoms with Crippen LogP contribution in [0.25, 0.3) is 0 Å². The molecule has 0 fully saturated rings. The number of thioether (sulfide) groups is 1. The summed E-state index contributed by atoms with van der Waals surface area (Å²) in [4.78, 5) is 1.17. The second-order valence-electron chi connectivity index (χ2n) is 3.82. The maximum Gasteiger partial charge on any atom is 0.132 e. The first-order valence-corrected chi connectivity index (χ1v) is 6.76. The average Bonchev–Trinajstić information content (AvgIpc) is 2.36. The molecule has 1 atom stereocenters. The molecule has 0 radical (unpaired) electrons. The van der Waals surface area contributed by atoms with Gasteiger partial charge < -0.3 is 15.2 Å². The van der Waals surface area contributed by atoms with Crippen molar-refractivity contribution in [1.82, 2.24) is 0 Å². The van der Waals surface area contributed by atoms with Crippen LogP contribution in [0, 0.1) is 0 Å². The normalized spacial score (nSPS) is 12.5. The van der Waals surface area contributed by atoms with Crippen molar-refractivity contribution in [3.8, 4) is 5.75 Å². The minimum Gasteiger partial charge on any atom is -0.496 e. The van der Waals surface area contributed by atoms with Crippen LogP contribution in [-0.2, 0) is 4.74 Å². The van der Waals surface area contributed by atoms with Gasteiger partial charge in [0, 0.05) is 12.0 Å². The minimum absolute atomic E-state index is 0.0980. The molecule has 3 nitrogen and oxygen atoms in total.